The van der Waals surface area contributed by atoms with Crippen molar-refractivity contribution in [2.24, 2.45) is 0 Å². The first-order valence-corrected chi connectivity index (χ1v) is 6.23. The third-order valence-corrected chi connectivity index (χ3v) is 3.18. The highest BCUT2D eigenvalue weighted by atomic mass is 19.4. The molecule has 0 aliphatic carbocycles. The molecule has 0 saturated carbocycles. The van der Waals surface area contributed by atoms with Gasteiger partial charge in [-0.15, -0.1) is 0 Å². The Hall–Kier alpha value is -1.75. The predicted octanol–water partition coefficient (Wildman–Crippen LogP) is 4.22. The number of ether oxygens (including phenoxy) is 1. The van der Waals surface area contributed by atoms with Gasteiger partial charge in [-0.2, -0.15) is 13.2 Å². The third-order valence-electron chi connectivity index (χ3n) is 3.18. The molecule has 0 bridgehead atoms. The van der Waals surface area contributed by atoms with Gasteiger partial charge in [0.25, 0.3) is 0 Å². The minimum atomic E-state index is -4.27. The minimum absolute atomic E-state index is 0.360. The van der Waals surface area contributed by atoms with Crippen molar-refractivity contribution in [3.05, 3.63) is 42.0 Å². The number of methoxy groups -OCH3 is 1. The summed E-state index contributed by atoms with van der Waals surface area (Å²) >= 11 is 0. The Bertz CT molecular complexity index is 588. The van der Waals surface area contributed by atoms with Gasteiger partial charge in [0, 0.05) is 11.8 Å². The molecule has 0 amide bonds. The molecule has 2 aromatic rings. The molecule has 108 valence electrons. The highest BCUT2D eigenvalue weighted by molar-refractivity contribution is 5.91. The molecule has 0 aromatic heterocycles. The van der Waals surface area contributed by atoms with Crippen LogP contribution in [0.1, 0.15) is 24.5 Å². The van der Waals surface area contributed by atoms with E-state index in [1.807, 2.05) is 12.1 Å². The molecule has 2 aromatic carbocycles. The monoisotopic (exact) mass is 284 g/mol. The standard InChI is InChI=1S/C15H15F3O2/c1-20-13-7-3-5-10-4-2-6-11(14(10)13)12(19)8-9-15(16,17)18/h2-7,12,19H,8-9H2,1H3. The zero-order chi connectivity index (χ0) is 14.8. The summed E-state index contributed by atoms with van der Waals surface area (Å²) in [4.78, 5) is 0. The molecule has 1 N–H and O–H groups in total. The molecule has 2 nitrogen and oxygen atoms in total. The van der Waals surface area contributed by atoms with Gasteiger partial charge in [0.1, 0.15) is 5.75 Å². The minimum Gasteiger partial charge on any atom is -0.496 e. The van der Waals surface area contributed by atoms with E-state index in [0.717, 1.165) is 5.39 Å². The fourth-order valence-corrected chi connectivity index (χ4v) is 2.24. The summed E-state index contributed by atoms with van der Waals surface area (Å²) in [5.74, 6) is 0.546. The van der Waals surface area contributed by atoms with E-state index >= 15 is 0 Å². The molecule has 0 aliphatic rings. The van der Waals surface area contributed by atoms with Crippen molar-refractivity contribution in [2.75, 3.05) is 7.11 Å². The summed E-state index contributed by atoms with van der Waals surface area (Å²) in [5.41, 5.74) is 0.462. The Morgan fingerprint density at radius 3 is 2.40 bits per heavy atom. The van der Waals surface area contributed by atoms with Crippen LogP contribution in [0.5, 0.6) is 5.75 Å². The second kappa shape index (κ2) is 5.71. The highest BCUT2D eigenvalue weighted by Gasteiger charge is 2.28. The van der Waals surface area contributed by atoms with Crippen LogP contribution in [0.3, 0.4) is 0 Å². The number of hydrogen-bond donors (Lipinski definition) is 1. The summed E-state index contributed by atoms with van der Waals surface area (Å²) in [7, 11) is 1.49. The highest BCUT2D eigenvalue weighted by Crippen LogP contribution is 2.35. The normalized spacial score (nSPS) is 13.4. The Morgan fingerprint density at radius 1 is 1.15 bits per heavy atom. The summed E-state index contributed by atoms with van der Waals surface area (Å²) in [6.45, 7) is 0. The number of rotatable bonds is 4. The Morgan fingerprint density at radius 2 is 1.80 bits per heavy atom. The summed E-state index contributed by atoms with van der Waals surface area (Å²) in [6.07, 6.45) is -6.81. The average Bonchev–Trinajstić information content (AvgIpc) is 2.42. The summed E-state index contributed by atoms with van der Waals surface area (Å²) < 4.78 is 42.0. The zero-order valence-electron chi connectivity index (χ0n) is 10.9. The van der Waals surface area contributed by atoms with E-state index in [1.54, 1.807) is 24.3 Å². The van der Waals surface area contributed by atoms with Crippen LogP contribution in [0.25, 0.3) is 10.8 Å². The van der Waals surface area contributed by atoms with Gasteiger partial charge >= 0.3 is 6.18 Å². The maximum Gasteiger partial charge on any atom is 0.389 e. The lowest BCUT2D eigenvalue weighted by molar-refractivity contribution is -0.140. The number of aliphatic hydroxyl groups is 1. The van der Waals surface area contributed by atoms with Gasteiger partial charge in [0.2, 0.25) is 0 Å². The van der Waals surface area contributed by atoms with Crippen molar-refractivity contribution in [3.63, 3.8) is 0 Å². The van der Waals surface area contributed by atoms with Crippen molar-refractivity contribution < 1.29 is 23.0 Å². The van der Waals surface area contributed by atoms with E-state index < -0.39 is 18.7 Å². The molecule has 0 heterocycles. The number of benzene rings is 2. The first kappa shape index (κ1) is 14.7. The van der Waals surface area contributed by atoms with Crippen LogP contribution in [-0.2, 0) is 0 Å². The van der Waals surface area contributed by atoms with E-state index in [0.29, 0.717) is 16.7 Å². The van der Waals surface area contributed by atoms with Crippen molar-refractivity contribution in [2.45, 2.75) is 25.1 Å². The van der Waals surface area contributed by atoms with Gasteiger partial charge in [0.05, 0.1) is 13.2 Å². The number of fused-ring (bicyclic) bond motifs is 1. The molecule has 0 spiro atoms. The molecular weight excluding hydrogens is 269 g/mol. The van der Waals surface area contributed by atoms with Gasteiger partial charge in [0.15, 0.2) is 0 Å². The number of halogens is 3. The zero-order valence-corrected chi connectivity index (χ0v) is 10.9. The first-order valence-electron chi connectivity index (χ1n) is 6.23. The van der Waals surface area contributed by atoms with Crippen molar-refractivity contribution in [3.8, 4) is 5.75 Å². The van der Waals surface area contributed by atoms with E-state index in [4.69, 9.17) is 4.74 Å². The topological polar surface area (TPSA) is 29.5 Å². The van der Waals surface area contributed by atoms with Crippen LogP contribution < -0.4 is 4.74 Å². The van der Waals surface area contributed by atoms with E-state index in [1.165, 1.54) is 7.11 Å². The molecular formula is C15H15F3O2. The number of alkyl halides is 3. The van der Waals surface area contributed by atoms with Gasteiger partial charge in [-0.3, -0.25) is 0 Å². The molecule has 20 heavy (non-hydrogen) atoms. The van der Waals surface area contributed by atoms with Crippen LogP contribution in [0, 0.1) is 0 Å². The number of aliphatic hydroxyl groups excluding tert-OH is 1. The Kier molecular flexibility index (Phi) is 4.18. The van der Waals surface area contributed by atoms with E-state index in [2.05, 4.69) is 0 Å². The third kappa shape index (κ3) is 3.22. The molecule has 0 aliphatic heterocycles. The van der Waals surface area contributed by atoms with Gasteiger partial charge in [-0.05, 0) is 23.4 Å². The number of hydrogen-bond acceptors (Lipinski definition) is 2. The maximum absolute atomic E-state index is 12.3. The lowest BCUT2D eigenvalue weighted by Crippen LogP contribution is -2.10. The molecule has 0 radical (unpaired) electrons. The van der Waals surface area contributed by atoms with Crippen LogP contribution in [0.4, 0.5) is 13.2 Å². The molecule has 0 saturated heterocycles. The quantitative estimate of drug-likeness (QED) is 0.910. The fraction of sp³-hybridized carbons (Fsp3) is 0.333. The lowest BCUT2D eigenvalue weighted by atomic mass is 9.97. The molecule has 5 heteroatoms. The largest absolute Gasteiger partial charge is 0.496 e. The van der Waals surface area contributed by atoms with Crippen LogP contribution in [0.2, 0.25) is 0 Å². The summed E-state index contributed by atoms with van der Waals surface area (Å²) in [5, 5.41) is 11.5. The van der Waals surface area contributed by atoms with Crippen molar-refractivity contribution in [1.29, 1.82) is 0 Å². The van der Waals surface area contributed by atoms with Gasteiger partial charge in [-0.25, -0.2) is 0 Å². The van der Waals surface area contributed by atoms with E-state index in [9.17, 15) is 18.3 Å². The van der Waals surface area contributed by atoms with Crippen molar-refractivity contribution in [1.82, 2.24) is 0 Å². The molecule has 1 atom stereocenters. The van der Waals surface area contributed by atoms with Crippen molar-refractivity contribution >= 4 is 10.8 Å². The van der Waals surface area contributed by atoms with Crippen LogP contribution in [-0.4, -0.2) is 18.4 Å². The second-order valence-electron chi connectivity index (χ2n) is 4.58. The van der Waals surface area contributed by atoms with E-state index in [-0.39, 0.29) is 6.42 Å². The molecule has 2 rings (SSSR count). The Balaban J connectivity index is 2.38. The van der Waals surface area contributed by atoms with Gasteiger partial charge in [-0.1, -0.05) is 30.3 Å². The predicted molar refractivity (Wildman–Crippen MR) is 70.7 cm³/mol. The summed E-state index contributed by atoms with van der Waals surface area (Å²) in [6, 6.07) is 10.5. The lowest BCUT2D eigenvalue weighted by Gasteiger charge is -2.16. The van der Waals surface area contributed by atoms with Gasteiger partial charge < -0.3 is 9.84 Å². The second-order valence-corrected chi connectivity index (χ2v) is 4.58. The first-order chi connectivity index (χ1) is 9.42. The smallest absolute Gasteiger partial charge is 0.389 e. The molecule has 0 fully saturated rings. The molecule has 1 unspecified atom stereocenters. The van der Waals surface area contributed by atoms with Crippen LogP contribution >= 0.6 is 0 Å². The average molecular weight is 284 g/mol. The Labute approximate surface area is 114 Å². The maximum atomic E-state index is 12.3. The SMILES string of the molecule is COc1cccc2cccc(C(O)CCC(F)(F)F)c12. The fourth-order valence-electron chi connectivity index (χ4n) is 2.24. The van der Waals surface area contributed by atoms with Crippen LogP contribution in [0.15, 0.2) is 36.4 Å².